The third-order valence-electron chi connectivity index (χ3n) is 5.56. The molecule has 2 aliphatic rings. The highest BCUT2D eigenvalue weighted by Crippen LogP contribution is 2.25. The lowest BCUT2D eigenvalue weighted by atomic mass is 10.0. The van der Waals surface area contributed by atoms with Gasteiger partial charge in [0.15, 0.2) is 0 Å². The van der Waals surface area contributed by atoms with E-state index in [-0.39, 0.29) is 18.2 Å². The normalized spacial score (nSPS) is 20.9. The van der Waals surface area contributed by atoms with E-state index in [4.69, 9.17) is 4.74 Å². The van der Waals surface area contributed by atoms with Crippen molar-refractivity contribution in [2.45, 2.75) is 45.4 Å². The minimum atomic E-state index is -0.347. The second-order valence-corrected chi connectivity index (χ2v) is 7.98. The summed E-state index contributed by atoms with van der Waals surface area (Å²) in [5.41, 5.74) is 1.91. The summed E-state index contributed by atoms with van der Waals surface area (Å²) < 4.78 is 7.46. The third kappa shape index (κ3) is 3.27. The highest BCUT2D eigenvalue weighted by molar-refractivity contribution is 5.79. The monoisotopic (exact) mass is 408 g/mol. The molecule has 5 heterocycles. The molecular weight excluding hydrogens is 384 g/mol. The van der Waals surface area contributed by atoms with Crippen LogP contribution >= 0.6 is 0 Å². The number of carbonyl (C=O) groups is 1. The Morgan fingerprint density at radius 3 is 2.97 bits per heavy atom. The first-order chi connectivity index (χ1) is 14.5. The third-order valence-corrected chi connectivity index (χ3v) is 5.56. The number of ether oxygens (including phenoxy) is 1. The summed E-state index contributed by atoms with van der Waals surface area (Å²) in [6, 6.07) is 4.08. The second kappa shape index (κ2) is 7.12. The van der Waals surface area contributed by atoms with Crippen LogP contribution in [0.3, 0.4) is 0 Å². The van der Waals surface area contributed by atoms with Crippen molar-refractivity contribution in [3.63, 3.8) is 0 Å². The van der Waals surface area contributed by atoms with Gasteiger partial charge in [0, 0.05) is 37.8 Å². The smallest absolute Gasteiger partial charge is 0.407 e. The molecule has 1 amide bonds. The highest BCUT2D eigenvalue weighted by atomic mass is 16.6. The summed E-state index contributed by atoms with van der Waals surface area (Å²) in [6.45, 7) is 7.64. The van der Waals surface area contributed by atoms with Crippen molar-refractivity contribution in [2.24, 2.45) is 0 Å². The zero-order valence-electron chi connectivity index (χ0n) is 17.2. The lowest BCUT2D eigenvalue weighted by Gasteiger charge is -2.32. The van der Waals surface area contributed by atoms with Gasteiger partial charge in [0.05, 0.1) is 17.8 Å². The molecule has 5 rings (SSSR count). The van der Waals surface area contributed by atoms with E-state index >= 15 is 0 Å². The fourth-order valence-electron chi connectivity index (χ4n) is 4.26. The molecule has 156 valence electrons. The maximum atomic E-state index is 11.5. The highest BCUT2D eigenvalue weighted by Gasteiger charge is 2.39. The summed E-state index contributed by atoms with van der Waals surface area (Å²) in [6.07, 6.45) is 3.84. The number of nitrogens with zero attached hydrogens (tertiary/aromatic N) is 6. The molecule has 2 saturated heterocycles. The summed E-state index contributed by atoms with van der Waals surface area (Å²) >= 11 is 0. The van der Waals surface area contributed by atoms with Gasteiger partial charge in [-0.15, -0.1) is 0 Å². The second-order valence-electron chi connectivity index (χ2n) is 7.98. The van der Waals surface area contributed by atoms with E-state index in [0.29, 0.717) is 30.2 Å². The first-order valence-electron chi connectivity index (χ1n) is 10.1. The summed E-state index contributed by atoms with van der Waals surface area (Å²) in [4.78, 5) is 31.7. The minimum absolute atomic E-state index is 0.0323. The number of aryl methyl sites for hydroxylation is 1. The number of alkyl carbamates (subject to hydrolysis) is 1. The van der Waals surface area contributed by atoms with E-state index in [9.17, 15) is 4.79 Å². The zero-order valence-corrected chi connectivity index (χ0v) is 17.2. The number of fused-ring (bicyclic) bond motifs is 2. The van der Waals surface area contributed by atoms with Crippen molar-refractivity contribution in [2.75, 3.05) is 23.3 Å². The van der Waals surface area contributed by atoms with Gasteiger partial charge in [-0.05, 0) is 26.8 Å². The fraction of sp³-hybridized carbons (Fsp3) is 0.450. The van der Waals surface area contributed by atoms with Crippen LogP contribution in [-0.2, 0) is 4.74 Å². The van der Waals surface area contributed by atoms with E-state index in [1.807, 2.05) is 19.1 Å². The number of hydrogen-bond donors (Lipinski definition) is 2. The molecule has 2 atom stereocenters. The van der Waals surface area contributed by atoms with Crippen molar-refractivity contribution in [1.29, 1.82) is 0 Å². The molecule has 30 heavy (non-hydrogen) atoms. The van der Waals surface area contributed by atoms with E-state index in [1.165, 1.54) is 0 Å². The molecule has 10 heteroatoms. The van der Waals surface area contributed by atoms with Crippen LogP contribution in [0.5, 0.6) is 0 Å². The molecule has 3 aromatic rings. The van der Waals surface area contributed by atoms with Crippen LogP contribution in [-0.4, -0.2) is 55.8 Å². The Hall–Kier alpha value is -3.43. The Kier molecular flexibility index (Phi) is 4.41. The van der Waals surface area contributed by atoms with Crippen molar-refractivity contribution >= 4 is 34.7 Å². The van der Waals surface area contributed by atoms with Gasteiger partial charge in [-0.3, -0.25) is 0 Å². The van der Waals surface area contributed by atoms with Gasteiger partial charge in [-0.2, -0.15) is 4.98 Å². The molecule has 2 aliphatic heterocycles. The largest absolute Gasteiger partial charge is 0.444 e. The van der Waals surface area contributed by atoms with Crippen LogP contribution in [0.15, 0.2) is 24.5 Å². The number of rotatable bonds is 4. The molecule has 0 unspecified atom stereocenters. The summed E-state index contributed by atoms with van der Waals surface area (Å²) in [7, 11) is 0. The number of carbonyl (C=O) groups excluding carboxylic acids is 1. The molecular formula is C20H24N8O2. The van der Waals surface area contributed by atoms with Gasteiger partial charge in [-0.25, -0.2) is 19.7 Å². The van der Waals surface area contributed by atoms with Crippen LogP contribution in [0.4, 0.5) is 22.4 Å². The molecule has 3 aromatic heterocycles. The number of piperidine rings is 1. The van der Waals surface area contributed by atoms with Gasteiger partial charge < -0.3 is 24.8 Å². The quantitative estimate of drug-likeness (QED) is 0.678. The number of pyridine rings is 1. The fourth-order valence-corrected chi connectivity index (χ4v) is 4.26. The van der Waals surface area contributed by atoms with Gasteiger partial charge >= 0.3 is 6.09 Å². The van der Waals surface area contributed by atoms with Crippen molar-refractivity contribution in [3.8, 4) is 0 Å². The number of imidazole rings is 1. The number of nitrogens with one attached hydrogen (secondary N) is 2. The average molecular weight is 408 g/mol. The first-order valence-corrected chi connectivity index (χ1v) is 10.1. The van der Waals surface area contributed by atoms with E-state index in [1.54, 1.807) is 12.4 Å². The SMILES string of the molecule is Cc1nc2cnc(Nc3ccnc(N4CC[C@@H]5OC(=O)N[C@@H]5C4)n3)cc2n1C(C)C. The van der Waals surface area contributed by atoms with Gasteiger partial charge in [0.2, 0.25) is 5.95 Å². The Morgan fingerprint density at radius 2 is 2.13 bits per heavy atom. The van der Waals surface area contributed by atoms with Gasteiger partial charge in [-0.1, -0.05) is 0 Å². The molecule has 0 bridgehead atoms. The van der Waals surface area contributed by atoms with Crippen LogP contribution in [0.1, 0.15) is 32.1 Å². The van der Waals surface area contributed by atoms with Gasteiger partial charge in [0.1, 0.15) is 29.1 Å². The topological polar surface area (TPSA) is 110 Å². The Labute approximate surface area is 173 Å². The summed E-state index contributed by atoms with van der Waals surface area (Å²) in [5.74, 6) is 2.94. The van der Waals surface area contributed by atoms with Crippen molar-refractivity contribution in [3.05, 3.63) is 30.4 Å². The number of amides is 1. The molecule has 0 aromatic carbocycles. The van der Waals surface area contributed by atoms with E-state index < -0.39 is 0 Å². The molecule has 2 N–H and O–H groups in total. The predicted molar refractivity (Wildman–Crippen MR) is 112 cm³/mol. The molecule has 0 radical (unpaired) electrons. The van der Waals surface area contributed by atoms with Crippen molar-refractivity contribution in [1.82, 2.24) is 29.8 Å². The standard InChI is InChI=1S/C20H24N8O2/c1-11(2)28-12(3)23-13-9-22-18(8-15(13)28)25-17-4-6-21-19(26-17)27-7-5-16-14(10-27)24-20(29)30-16/h4,6,8-9,11,14,16H,5,7,10H2,1-3H3,(H,24,29)(H,21,22,25,26)/t14-,16+/m1/s1. The van der Waals surface area contributed by atoms with Crippen LogP contribution < -0.4 is 15.5 Å². The number of aromatic nitrogens is 5. The maximum Gasteiger partial charge on any atom is 0.407 e. The predicted octanol–water partition coefficient (Wildman–Crippen LogP) is 2.54. The molecule has 10 nitrogen and oxygen atoms in total. The molecule has 0 saturated carbocycles. The molecule has 2 fully saturated rings. The maximum absolute atomic E-state index is 11.5. The lowest BCUT2D eigenvalue weighted by molar-refractivity contribution is 0.121. The first kappa shape index (κ1) is 18.6. The number of hydrogen-bond acceptors (Lipinski definition) is 8. The Balaban J connectivity index is 1.37. The van der Waals surface area contributed by atoms with Crippen LogP contribution in [0, 0.1) is 6.92 Å². The minimum Gasteiger partial charge on any atom is -0.444 e. The zero-order chi connectivity index (χ0) is 20.8. The van der Waals surface area contributed by atoms with E-state index in [2.05, 4.69) is 53.9 Å². The van der Waals surface area contributed by atoms with Crippen molar-refractivity contribution < 1.29 is 9.53 Å². The van der Waals surface area contributed by atoms with Crippen LogP contribution in [0.25, 0.3) is 11.0 Å². The average Bonchev–Trinajstić information content (AvgIpc) is 3.25. The lowest BCUT2D eigenvalue weighted by Crippen LogP contribution is -2.49. The Bertz CT molecular complexity index is 1110. The molecule has 0 aliphatic carbocycles. The van der Waals surface area contributed by atoms with E-state index in [0.717, 1.165) is 29.8 Å². The van der Waals surface area contributed by atoms with Gasteiger partial charge in [0.25, 0.3) is 0 Å². The Morgan fingerprint density at radius 1 is 1.27 bits per heavy atom. The molecule has 0 spiro atoms. The summed E-state index contributed by atoms with van der Waals surface area (Å²) in [5, 5.41) is 6.13. The number of anilines is 3. The van der Waals surface area contributed by atoms with Crippen LogP contribution in [0.2, 0.25) is 0 Å².